The molecule has 1 amide bonds. The molecule has 2 heterocycles. The molecule has 9 heteroatoms. The Morgan fingerprint density at radius 2 is 2.08 bits per heavy atom. The highest BCUT2D eigenvalue weighted by Crippen LogP contribution is 2.26. The van der Waals surface area contributed by atoms with E-state index in [0.717, 1.165) is 16.0 Å². The van der Waals surface area contributed by atoms with Crippen LogP contribution in [0.1, 0.15) is 26.7 Å². The second kappa shape index (κ2) is 9.22. The molecule has 0 bridgehead atoms. The van der Waals surface area contributed by atoms with E-state index in [-0.39, 0.29) is 17.8 Å². The molecule has 2 rings (SSSR count). The van der Waals surface area contributed by atoms with Crippen molar-refractivity contribution < 1.29 is 14.3 Å². The predicted molar refractivity (Wildman–Crippen MR) is 95.3 cm³/mol. The minimum Gasteiger partial charge on any atom is -0.469 e. The number of nitrogens with zero attached hydrogens (tertiary/aromatic N) is 3. The highest BCUT2D eigenvalue weighted by atomic mass is 32.2. The van der Waals surface area contributed by atoms with Crippen LogP contribution in [0, 0.1) is 11.8 Å². The number of hydrogen-bond acceptors (Lipinski definition) is 8. The van der Waals surface area contributed by atoms with Crippen LogP contribution in [0.15, 0.2) is 4.34 Å². The number of nitrogens with one attached hydrogen (secondary N) is 1. The summed E-state index contributed by atoms with van der Waals surface area (Å²) in [5, 5.41) is 12.2. The molecular formula is C15H24N4O3S2. The number of carbonyl (C=O) groups is 2. The number of anilines is 1. The number of hydrogen-bond donors (Lipinski definition) is 1. The van der Waals surface area contributed by atoms with Crippen molar-refractivity contribution in [2.45, 2.75) is 31.0 Å². The number of esters is 1. The fourth-order valence-electron chi connectivity index (χ4n) is 2.38. The zero-order chi connectivity index (χ0) is 17.5. The number of aromatic nitrogens is 2. The fraction of sp³-hybridized carbons (Fsp3) is 0.733. The Morgan fingerprint density at radius 1 is 1.38 bits per heavy atom. The lowest BCUT2D eigenvalue weighted by Gasteiger charge is -2.30. The van der Waals surface area contributed by atoms with Crippen LogP contribution in [0.3, 0.4) is 0 Å². The van der Waals surface area contributed by atoms with E-state index in [1.807, 2.05) is 4.90 Å². The fourth-order valence-corrected chi connectivity index (χ4v) is 4.04. The summed E-state index contributed by atoms with van der Waals surface area (Å²) in [5.41, 5.74) is 0. The van der Waals surface area contributed by atoms with E-state index in [9.17, 15) is 9.59 Å². The molecule has 0 saturated carbocycles. The molecule has 0 radical (unpaired) electrons. The van der Waals surface area contributed by atoms with E-state index < -0.39 is 0 Å². The lowest BCUT2D eigenvalue weighted by molar-refractivity contribution is -0.148. The van der Waals surface area contributed by atoms with E-state index in [1.165, 1.54) is 30.2 Å². The molecule has 1 saturated heterocycles. The Kier molecular flexibility index (Phi) is 7.29. The summed E-state index contributed by atoms with van der Waals surface area (Å²) in [5.74, 6) is 0.716. The number of carbonyl (C=O) groups excluding carboxylic acids is 2. The quantitative estimate of drug-likeness (QED) is 0.579. The van der Waals surface area contributed by atoms with Crippen molar-refractivity contribution in [1.82, 2.24) is 15.1 Å². The first-order valence-electron chi connectivity index (χ1n) is 8.05. The van der Waals surface area contributed by atoms with Crippen LogP contribution in [0.4, 0.5) is 5.13 Å². The zero-order valence-electron chi connectivity index (χ0n) is 14.3. The third-order valence-electron chi connectivity index (χ3n) is 3.77. The van der Waals surface area contributed by atoms with Crippen molar-refractivity contribution in [3.63, 3.8) is 0 Å². The zero-order valence-corrected chi connectivity index (χ0v) is 15.9. The van der Waals surface area contributed by atoms with Gasteiger partial charge >= 0.3 is 5.97 Å². The van der Waals surface area contributed by atoms with Gasteiger partial charge in [-0.05, 0) is 18.8 Å². The largest absolute Gasteiger partial charge is 0.469 e. The second-order valence-electron chi connectivity index (χ2n) is 6.11. The number of amides is 1. The maximum Gasteiger partial charge on any atom is 0.308 e. The van der Waals surface area contributed by atoms with E-state index in [0.29, 0.717) is 37.6 Å². The lowest BCUT2D eigenvalue weighted by Crippen LogP contribution is -2.41. The number of ether oxygens (including phenoxy) is 1. The van der Waals surface area contributed by atoms with Crippen molar-refractivity contribution in [2.75, 3.05) is 37.8 Å². The molecule has 1 N–H and O–H groups in total. The molecule has 134 valence electrons. The van der Waals surface area contributed by atoms with Crippen LogP contribution >= 0.6 is 23.1 Å². The van der Waals surface area contributed by atoms with Crippen LogP contribution in [0.25, 0.3) is 0 Å². The van der Waals surface area contributed by atoms with Crippen molar-refractivity contribution in [1.29, 1.82) is 0 Å². The van der Waals surface area contributed by atoms with Gasteiger partial charge < -0.3 is 15.0 Å². The summed E-state index contributed by atoms with van der Waals surface area (Å²) in [4.78, 5) is 25.6. The molecular weight excluding hydrogens is 348 g/mol. The Balaban J connectivity index is 1.73. The van der Waals surface area contributed by atoms with E-state index in [4.69, 9.17) is 4.74 Å². The minimum absolute atomic E-state index is 0.0789. The van der Waals surface area contributed by atoms with Gasteiger partial charge in [0.05, 0.1) is 18.8 Å². The Labute approximate surface area is 150 Å². The third-order valence-corrected chi connectivity index (χ3v) is 5.77. The van der Waals surface area contributed by atoms with E-state index in [1.54, 1.807) is 0 Å². The smallest absolute Gasteiger partial charge is 0.308 e. The maximum atomic E-state index is 12.3. The minimum atomic E-state index is -0.174. The second-order valence-corrected chi connectivity index (χ2v) is 8.31. The molecule has 1 aromatic rings. The van der Waals surface area contributed by atoms with Crippen LogP contribution in [0.5, 0.6) is 0 Å². The van der Waals surface area contributed by atoms with Gasteiger partial charge in [0, 0.05) is 19.6 Å². The van der Waals surface area contributed by atoms with Crippen molar-refractivity contribution in [3.8, 4) is 0 Å². The number of thioether (sulfide) groups is 1. The van der Waals surface area contributed by atoms with Gasteiger partial charge in [-0.3, -0.25) is 9.59 Å². The number of rotatable bonds is 7. The normalized spacial score (nSPS) is 15.6. The van der Waals surface area contributed by atoms with Gasteiger partial charge in [0.15, 0.2) is 4.34 Å². The predicted octanol–water partition coefficient (Wildman–Crippen LogP) is 2.11. The molecule has 0 aliphatic carbocycles. The highest BCUT2D eigenvalue weighted by Gasteiger charge is 2.27. The Hall–Kier alpha value is -1.35. The van der Waals surface area contributed by atoms with Crippen LogP contribution in [-0.4, -0.2) is 59.5 Å². The summed E-state index contributed by atoms with van der Waals surface area (Å²) in [6.45, 7) is 6.33. The molecule has 0 unspecified atom stereocenters. The topological polar surface area (TPSA) is 84.4 Å². The highest BCUT2D eigenvalue weighted by molar-refractivity contribution is 8.01. The molecule has 1 aliphatic heterocycles. The Morgan fingerprint density at radius 3 is 2.71 bits per heavy atom. The average Bonchev–Trinajstić information content (AvgIpc) is 3.05. The summed E-state index contributed by atoms with van der Waals surface area (Å²) in [7, 11) is 1.41. The number of methoxy groups -OCH3 is 1. The van der Waals surface area contributed by atoms with Gasteiger partial charge in [-0.25, -0.2) is 0 Å². The molecule has 1 fully saturated rings. The number of likely N-dealkylation sites (tertiary alicyclic amines) is 1. The van der Waals surface area contributed by atoms with Gasteiger partial charge in [0.2, 0.25) is 11.0 Å². The van der Waals surface area contributed by atoms with E-state index >= 15 is 0 Å². The summed E-state index contributed by atoms with van der Waals surface area (Å²) >= 11 is 2.88. The first-order chi connectivity index (χ1) is 11.5. The summed E-state index contributed by atoms with van der Waals surface area (Å²) in [6, 6.07) is 0. The van der Waals surface area contributed by atoms with Crippen LogP contribution in [-0.2, 0) is 14.3 Å². The van der Waals surface area contributed by atoms with Gasteiger partial charge in [-0.2, -0.15) is 0 Å². The van der Waals surface area contributed by atoms with E-state index in [2.05, 4.69) is 29.4 Å². The maximum absolute atomic E-state index is 12.3. The summed E-state index contributed by atoms with van der Waals surface area (Å²) in [6.07, 6.45) is 1.34. The molecule has 0 spiro atoms. The Bertz CT molecular complexity index is 557. The van der Waals surface area contributed by atoms with Gasteiger partial charge in [0.1, 0.15) is 0 Å². The van der Waals surface area contributed by atoms with Crippen molar-refractivity contribution in [2.24, 2.45) is 11.8 Å². The molecule has 24 heavy (non-hydrogen) atoms. The first kappa shape index (κ1) is 19.0. The van der Waals surface area contributed by atoms with Gasteiger partial charge in [-0.15, -0.1) is 10.2 Å². The summed E-state index contributed by atoms with van der Waals surface area (Å²) < 4.78 is 5.55. The third kappa shape index (κ3) is 5.62. The SMILES string of the molecule is COC(=O)C1CCN(C(=O)CSc2nnc(NCC(C)C)s2)CC1. The molecule has 0 aromatic carbocycles. The monoisotopic (exact) mass is 372 g/mol. The lowest BCUT2D eigenvalue weighted by atomic mass is 9.97. The van der Waals surface area contributed by atoms with Crippen molar-refractivity contribution in [3.05, 3.63) is 0 Å². The van der Waals surface area contributed by atoms with Gasteiger partial charge in [0.25, 0.3) is 0 Å². The van der Waals surface area contributed by atoms with Crippen LogP contribution in [0.2, 0.25) is 0 Å². The standard InChI is InChI=1S/C15H24N4O3S2/c1-10(2)8-16-14-17-18-15(24-14)23-9-12(20)19-6-4-11(5-7-19)13(21)22-3/h10-11H,4-9H2,1-3H3,(H,16,17). The molecule has 1 aliphatic rings. The number of piperidine rings is 1. The average molecular weight is 373 g/mol. The van der Waals surface area contributed by atoms with Crippen LogP contribution < -0.4 is 5.32 Å². The molecule has 0 atom stereocenters. The van der Waals surface area contributed by atoms with Crippen molar-refractivity contribution >= 4 is 40.1 Å². The molecule has 1 aromatic heterocycles. The van der Waals surface area contributed by atoms with Gasteiger partial charge in [-0.1, -0.05) is 36.9 Å². The first-order valence-corrected chi connectivity index (χ1v) is 9.85. The molecule has 7 nitrogen and oxygen atoms in total.